The van der Waals surface area contributed by atoms with Gasteiger partial charge >= 0.3 is 0 Å². The van der Waals surface area contributed by atoms with Crippen LogP contribution in [0.3, 0.4) is 0 Å². The minimum absolute atomic E-state index is 0.0120. The van der Waals surface area contributed by atoms with Gasteiger partial charge in [0.1, 0.15) is 5.84 Å². The maximum absolute atomic E-state index is 12.4. The van der Waals surface area contributed by atoms with Crippen molar-refractivity contribution >= 4 is 27.7 Å². The zero-order chi connectivity index (χ0) is 14.4. The summed E-state index contributed by atoms with van der Waals surface area (Å²) in [5.74, 6) is -0.0274. The molecule has 104 valence electrons. The molecule has 1 aromatic rings. The van der Waals surface area contributed by atoms with E-state index in [1.165, 1.54) is 6.20 Å². The van der Waals surface area contributed by atoms with E-state index in [0.29, 0.717) is 18.5 Å². The number of halogens is 1. The van der Waals surface area contributed by atoms with Gasteiger partial charge in [-0.2, -0.15) is 0 Å². The Bertz CT molecular complexity index is 477. The highest BCUT2D eigenvalue weighted by Crippen LogP contribution is 2.13. The number of hydrogen-bond acceptors (Lipinski definition) is 4. The highest BCUT2D eigenvalue weighted by atomic mass is 79.9. The molecule has 7 heteroatoms. The third-order valence-electron chi connectivity index (χ3n) is 2.57. The maximum atomic E-state index is 12.4. The van der Waals surface area contributed by atoms with Crippen molar-refractivity contribution in [2.45, 2.75) is 26.3 Å². The van der Waals surface area contributed by atoms with Crippen LogP contribution in [0.4, 0.5) is 0 Å². The second-order valence-corrected chi connectivity index (χ2v) is 5.24. The number of amides is 1. The molecule has 0 atom stereocenters. The zero-order valence-corrected chi connectivity index (χ0v) is 12.5. The van der Waals surface area contributed by atoms with Gasteiger partial charge in [0.05, 0.1) is 5.56 Å². The van der Waals surface area contributed by atoms with Crippen molar-refractivity contribution in [2.24, 2.45) is 10.9 Å². The fourth-order valence-electron chi connectivity index (χ4n) is 1.57. The van der Waals surface area contributed by atoms with Gasteiger partial charge < -0.3 is 15.8 Å². The number of carbonyl (C=O) groups is 1. The molecule has 0 fully saturated rings. The van der Waals surface area contributed by atoms with Gasteiger partial charge in [-0.3, -0.25) is 9.78 Å². The van der Waals surface area contributed by atoms with Gasteiger partial charge in [-0.15, -0.1) is 0 Å². The van der Waals surface area contributed by atoms with Crippen LogP contribution in [0.1, 0.15) is 30.6 Å². The Morgan fingerprint density at radius 1 is 1.58 bits per heavy atom. The molecule has 0 saturated carbocycles. The molecule has 1 amide bonds. The molecule has 1 rings (SSSR count). The Kier molecular flexibility index (Phi) is 5.75. The van der Waals surface area contributed by atoms with E-state index >= 15 is 0 Å². The summed E-state index contributed by atoms with van der Waals surface area (Å²) in [7, 11) is 0. The van der Waals surface area contributed by atoms with Crippen molar-refractivity contribution in [3.8, 4) is 0 Å². The Morgan fingerprint density at radius 3 is 2.79 bits per heavy atom. The Morgan fingerprint density at radius 2 is 2.26 bits per heavy atom. The first-order valence-corrected chi connectivity index (χ1v) is 6.63. The molecule has 0 aliphatic carbocycles. The van der Waals surface area contributed by atoms with Crippen molar-refractivity contribution in [3.63, 3.8) is 0 Å². The third kappa shape index (κ3) is 4.51. The standard InChI is InChI=1S/C12H17BrN4O2/c1-8(2)17(4-3-11(14)16-19)12(18)9-5-10(13)7-15-6-9/h5-8,19H,3-4H2,1-2H3,(H2,14,16). The van der Waals surface area contributed by atoms with E-state index in [1.807, 2.05) is 13.8 Å². The summed E-state index contributed by atoms with van der Waals surface area (Å²) in [4.78, 5) is 18.0. The quantitative estimate of drug-likeness (QED) is 0.373. The van der Waals surface area contributed by atoms with Crippen molar-refractivity contribution in [3.05, 3.63) is 28.5 Å². The Hall–Kier alpha value is -1.63. The summed E-state index contributed by atoms with van der Waals surface area (Å²) in [6.45, 7) is 4.21. The number of oxime groups is 1. The second-order valence-electron chi connectivity index (χ2n) is 4.33. The lowest BCUT2D eigenvalue weighted by molar-refractivity contribution is 0.0710. The first kappa shape index (κ1) is 15.4. The van der Waals surface area contributed by atoms with Crippen LogP contribution in [0.15, 0.2) is 28.1 Å². The molecule has 0 spiro atoms. The smallest absolute Gasteiger partial charge is 0.255 e. The summed E-state index contributed by atoms with van der Waals surface area (Å²) in [5, 5.41) is 11.4. The number of aromatic nitrogens is 1. The second kappa shape index (κ2) is 7.08. The minimum atomic E-state index is -0.130. The lowest BCUT2D eigenvalue weighted by Crippen LogP contribution is -2.39. The number of amidine groups is 1. The highest BCUT2D eigenvalue weighted by molar-refractivity contribution is 9.10. The van der Waals surface area contributed by atoms with Gasteiger partial charge in [-0.25, -0.2) is 0 Å². The zero-order valence-electron chi connectivity index (χ0n) is 10.9. The molecule has 0 aliphatic heterocycles. The first-order chi connectivity index (χ1) is 8.95. The molecule has 1 aromatic heterocycles. The van der Waals surface area contributed by atoms with Crippen molar-refractivity contribution in [1.29, 1.82) is 0 Å². The fraction of sp³-hybridized carbons (Fsp3) is 0.417. The molecular weight excluding hydrogens is 312 g/mol. The summed E-state index contributed by atoms with van der Waals surface area (Å²) >= 11 is 3.28. The monoisotopic (exact) mass is 328 g/mol. The predicted octanol–water partition coefficient (Wildman–Crippen LogP) is 1.83. The van der Waals surface area contributed by atoms with E-state index in [2.05, 4.69) is 26.1 Å². The van der Waals surface area contributed by atoms with Crippen molar-refractivity contribution < 1.29 is 10.0 Å². The summed E-state index contributed by atoms with van der Waals surface area (Å²) in [6.07, 6.45) is 3.46. The summed E-state index contributed by atoms with van der Waals surface area (Å²) in [6, 6.07) is 1.73. The largest absolute Gasteiger partial charge is 0.409 e. The average Bonchev–Trinajstić information content (AvgIpc) is 2.38. The number of nitrogens with two attached hydrogens (primary N) is 1. The van der Waals surface area contributed by atoms with Crippen LogP contribution < -0.4 is 5.73 Å². The molecule has 6 nitrogen and oxygen atoms in total. The van der Waals surface area contributed by atoms with Crippen LogP contribution in [-0.2, 0) is 0 Å². The van der Waals surface area contributed by atoms with Crippen LogP contribution >= 0.6 is 15.9 Å². The predicted molar refractivity (Wildman–Crippen MR) is 76.1 cm³/mol. The molecule has 19 heavy (non-hydrogen) atoms. The lowest BCUT2D eigenvalue weighted by atomic mass is 10.2. The Labute approximate surface area is 120 Å². The molecular formula is C12H17BrN4O2. The van der Waals surface area contributed by atoms with Crippen LogP contribution in [0.5, 0.6) is 0 Å². The number of pyridine rings is 1. The molecule has 1 heterocycles. The number of nitrogens with zero attached hydrogens (tertiary/aromatic N) is 3. The van der Waals surface area contributed by atoms with Crippen LogP contribution in [0.25, 0.3) is 0 Å². The Balaban J connectivity index is 2.84. The van der Waals surface area contributed by atoms with Crippen LogP contribution in [0.2, 0.25) is 0 Å². The summed E-state index contributed by atoms with van der Waals surface area (Å²) < 4.78 is 0.749. The first-order valence-electron chi connectivity index (χ1n) is 5.83. The van der Waals surface area contributed by atoms with E-state index in [1.54, 1.807) is 17.2 Å². The van der Waals surface area contributed by atoms with E-state index in [4.69, 9.17) is 10.9 Å². The molecule has 0 saturated heterocycles. The highest BCUT2D eigenvalue weighted by Gasteiger charge is 2.19. The van der Waals surface area contributed by atoms with Gasteiger partial charge in [0.2, 0.25) is 0 Å². The van der Waals surface area contributed by atoms with Gasteiger partial charge in [0, 0.05) is 35.9 Å². The van der Waals surface area contributed by atoms with Crippen molar-refractivity contribution in [1.82, 2.24) is 9.88 Å². The van der Waals surface area contributed by atoms with Crippen LogP contribution in [-0.4, -0.2) is 39.4 Å². The minimum Gasteiger partial charge on any atom is -0.409 e. The van der Waals surface area contributed by atoms with E-state index < -0.39 is 0 Å². The number of carbonyl (C=O) groups excluding carboxylic acids is 1. The van der Waals surface area contributed by atoms with Gasteiger partial charge in [0.25, 0.3) is 5.91 Å². The topological polar surface area (TPSA) is 91.8 Å². The summed E-state index contributed by atoms with van der Waals surface area (Å²) in [5.41, 5.74) is 5.93. The molecule has 0 aliphatic rings. The number of hydrogen-bond donors (Lipinski definition) is 2. The normalized spacial score (nSPS) is 11.7. The fourth-order valence-corrected chi connectivity index (χ4v) is 1.94. The van der Waals surface area contributed by atoms with E-state index in [-0.39, 0.29) is 17.8 Å². The third-order valence-corrected chi connectivity index (χ3v) is 3.01. The molecule has 3 N–H and O–H groups in total. The van der Waals surface area contributed by atoms with Gasteiger partial charge in [-0.05, 0) is 35.8 Å². The average molecular weight is 329 g/mol. The maximum Gasteiger partial charge on any atom is 0.255 e. The van der Waals surface area contributed by atoms with Gasteiger partial charge in [-0.1, -0.05) is 5.16 Å². The van der Waals surface area contributed by atoms with Crippen LogP contribution in [0, 0.1) is 0 Å². The van der Waals surface area contributed by atoms with E-state index in [9.17, 15) is 4.79 Å². The SMILES string of the molecule is CC(C)N(CCC(N)=NO)C(=O)c1cncc(Br)c1. The molecule has 0 aromatic carbocycles. The lowest BCUT2D eigenvalue weighted by Gasteiger charge is -2.26. The molecule has 0 bridgehead atoms. The molecule has 0 radical (unpaired) electrons. The van der Waals surface area contributed by atoms with E-state index in [0.717, 1.165) is 4.47 Å². The van der Waals surface area contributed by atoms with Crippen molar-refractivity contribution in [2.75, 3.05) is 6.54 Å². The van der Waals surface area contributed by atoms with Gasteiger partial charge in [0.15, 0.2) is 0 Å². The molecule has 0 unspecified atom stereocenters. The number of rotatable bonds is 5.